The smallest absolute Gasteiger partial charge is 0.211 e. The lowest BCUT2D eigenvalue weighted by atomic mass is 10.1. The van der Waals surface area contributed by atoms with Crippen LogP contribution in [0.15, 0.2) is 88.7 Å². The van der Waals surface area contributed by atoms with Gasteiger partial charge in [0.2, 0.25) is 15.6 Å². The number of rotatable bonds is 6. The van der Waals surface area contributed by atoms with Crippen LogP contribution in [0.1, 0.15) is 20.8 Å². The molecule has 3 aromatic carbocycles. The van der Waals surface area contributed by atoms with Crippen molar-refractivity contribution in [2.24, 2.45) is 0 Å². The molecule has 0 amide bonds. The van der Waals surface area contributed by atoms with E-state index in [-0.39, 0.29) is 31.1 Å². The Morgan fingerprint density at radius 3 is 2.19 bits per heavy atom. The van der Waals surface area contributed by atoms with Crippen molar-refractivity contribution < 1.29 is 13.2 Å². The number of carbonyl (C=O) groups excluding carboxylic acids is 1. The van der Waals surface area contributed by atoms with Crippen LogP contribution in [0.5, 0.6) is 0 Å². The molecule has 0 fully saturated rings. The van der Waals surface area contributed by atoms with Gasteiger partial charge in [-0.3, -0.25) is 4.79 Å². The lowest BCUT2D eigenvalue weighted by Gasteiger charge is -2.10. The second kappa shape index (κ2) is 8.78. The predicted octanol–water partition coefficient (Wildman–Crippen LogP) is 6.10. The monoisotopic (exact) mass is 482 g/mol. The first-order chi connectivity index (χ1) is 15.3. The summed E-state index contributed by atoms with van der Waals surface area (Å²) in [6.07, 6.45) is 0. The van der Waals surface area contributed by atoms with Gasteiger partial charge in [0.05, 0.1) is 10.6 Å². The molecular weight excluding hydrogens is 464 g/mol. The molecule has 8 heteroatoms. The summed E-state index contributed by atoms with van der Waals surface area (Å²) >= 11 is 6.95. The maximum absolute atomic E-state index is 13.5. The minimum Gasteiger partial charge on any atom is -0.396 e. The zero-order valence-electron chi connectivity index (χ0n) is 17.0. The first-order valence-electron chi connectivity index (χ1n) is 9.64. The van der Waals surface area contributed by atoms with Gasteiger partial charge in [0.15, 0.2) is 0 Å². The van der Waals surface area contributed by atoms with Gasteiger partial charge in [-0.1, -0.05) is 59.6 Å². The number of anilines is 3. The number of hydrogen-bond acceptors (Lipinski definition) is 6. The van der Waals surface area contributed by atoms with Crippen molar-refractivity contribution in [3.05, 3.63) is 99.9 Å². The van der Waals surface area contributed by atoms with Gasteiger partial charge in [-0.05, 0) is 43.3 Å². The molecule has 4 rings (SSSR count). The van der Waals surface area contributed by atoms with E-state index in [4.69, 9.17) is 17.3 Å². The summed E-state index contributed by atoms with van der Waals surface area (Å²) in [5, 5.41) is 3.83. The predicted molar refractivity (Wildman–Crippen MR) is 130 cm³/mol. The zero-order chi connectivity index (χ0) is 22.9. The van der Waals surface area contributed by atoms with E-state index in [1.807, 2.05) is 31.2 Å². The number of nitrogen functional groups attached to an aromatic ring is 1. The molecule has 5 nitrogen and oxygen atoms in total. The highest BCUT2D eigenvalue weighted by atomic mass is 35.5. The molecule has 1 heterocycles. The number of nitrogens with one attached hydrogen (secondary N) is 1. The fourth-order valence-corrected chi connectivity index (χ4v) is 6.23. The number of hydrogen-bond donors (Lipinski definition) is 2. The van der Waals surface area contributed by atoms with Crippen LogP contribution in [0.25, 0.3) is 0 Å². The molecule has 0 saturated carbocycles. The molecule has 0 aliphatic rings. The maximum Gasteiger partial charge on any atom is 0.211 e. The number of aryl methyl sites for hydroxylation is 1. The van der Waals surface area contributed by atoms with Crippen LogP contribution in [0, 0.1) is 6.92 Å². The van der Waals surface area contributed by atoms with Crippen LogP contribution >= 0.6 is 22.9 Å². The minimum atomic E-state index is -4.03. The van der Waals surface area contributed by atoms with Gasteiger partial charge in [-0.25, -0.2) is 8.42 Å². The minimum absolute atomic E-state index is 0.0390. The molecule has 3 N–H and O–H groups in total. The fourth-order valence-electron chi connectivity index (χ4n) is 3.17. The summed E-state index contributed by atoms with van der Waals surface area (Å²) in [6.45, 7) is 1.96. The van der Waals surface area contributed by atoms with Crippen LogP contribution < -0.4 is 11.1 Å². The molecule has 0 spiro atoms. The van der Waals surface area contributed by atoms with Crippen molar-refractivity contribution in [1.82, 2.24) is 0 Å². The van der Waals surface area contributed by atoms with Gasteiger partial charge < -0.3 is 11.1 Å². The number of thiophene rings is 1. The second-order valence-electron chi connectivity index (χ2n) is 7.15. The van der Waals surface area contributed by atoms with Crippen LogP contribution in [-0.2, 0) is 9.84 Å². The summed E-state index contributed by atoms with van der Waals surface area (Å²) in [6, 6.07) is 21.9. The molecule has 4 aromatic rings. The molecule has 0 aliphatic carbocycles. The van der Waals surface area contributed by atoms with Gasteiger partial charge in [0.1, 0.15) is 14.8 Å². The fraction of sp³-hybridized carbons (Fsp3) is 0.0417. The Morgan fingerprint density at radius 1 is 0.938 bits per heavy atom. The SMILES string of the molecule is Cc1ccc(Nc2sc(C(=O)c3ccccc3)c(N)c2S(=O)(=O)c2ccc(Cl)cc2)cc1. The van der Waals surface area contributed by atoms with Crippen LogP contribution in [0.2, 0.25) is 5.02 Å². The highest BCUT2D eigenvalue weighted by molar-refractivity contribution is 7.92. The van der Waals surface area contributed by atoms with E-state index < -0.39 is 9.84 Å². The van der Waals surface area contributed by atoms with Crippen LogP contribution in [0.4, 0.5) is 16.4 Å². The van der Waals surface area contributed by atoms with E-state index >= 15 is 0 Å². The van der Waals surface area contributed by atoms with Crippen molar-refractivity contribution in [3.63, 3.8) is 0 Å². The Hall–Kier alpha value is -3.13. The normalized spacial score (nSPS) is 11.3. The number of nitrogens with two attached hydrogens (primary N) is 1. The molecule has 0 radical (unpaired) electrons. The number of sulfone groups is 1. The van der Waals surface area contributed by atoms with Crippen LogP contribution in [-0.4, -0.2) is 14.2 Å². The summed E-state index contributed by atoms with van der Waals surface area (Å²) in [5.41, 5.74) is 8.42. The number of ketones is 1. The van der Waals surface area contributed by atoms with Gasteiger partial charge in [0, 0.05) is 16.3 Å². The third-order valence-corrected chi connectivity index (χ3v) is 8.20. The molecular formula is C24H19ClN2O3S2. The van der Waals surface area contributed by atoms with E-state index in [0.717, 1.165) is 16.9 Å². The quantitative estimate of drug-likeness (QED) is 0.324. The lowest BCUT2D eigenvalue weighted by Crippen LogP contribution is -2.08. The Morgan fingerprint density at radius 2 is 1.56 bits per heavy atom. The van der Waals surface area contributed by atoms with Crippen LogP contribution in [0.3, 0.4) is 0 Å². The standard InChI is InChI=1S/C24H19ClN2O3S2/c1-15-7-11-18(12-8-15)27-24-23(32(29,30)19-13-9-17(25)10-14-19)20(26)22(31-24)21(28)16-5-3-2-4-6-16/h2-14,27H,26H2,1H3. The third kappa shape index (κ3) is 4.27. The Kier molecular flexibility index (Phi) is 6.06. The summed E-state index contributed by atoms with van der Waals surface area (Å²) in [5.74, 6) is -0.336. The van der Waals surface area contributed by atoms with E-state index in [9.17, 15) is 13.2 Å². The van der Waals surface area contributed by atoms with E-state index in [1.165, 1.54) is 24.3 Å². The van der Waals surface area contributed by atoms with E-state index in [2.05, 4.69) is 5.32 Å². The Balaban J connectivity index is 1.88. The van der Waals surface area contributed by atoms with Crippen molar-refractivity contribution in [2.75, 3.05) is 11.1 Å². The van der Waals surface area contributed by atoms with Crippen molar-refractivity contribution in [3.8, 4) is 0 Å². The van der Waals surface area contributed by atoms with E-state index in [1.54, 1.807) is 30.3 Å². The van der Waals surface area contributed by atoms with Crippen molar-refractivity contribution in [2.45, 2.75) is 16.7 Å². The second-order valence-corrected chi connectivity index (χ2v) is 10.5. The molecule has 162 valence electrons. The summed E-state index contributed by atoms with van der Waals surface area (Å²) < 4.78 is 27.1. The highest BCUT2D eigenvalue weighted by Crippen LogP contribution is 2.44. The van der Waals surface area contributed by atoms with Gasteiger partial charge >= 0.3 is 0 Å². The average molecular weight is 483 g/mol. The molecule has 0 aliphatic heterocycles. The summed E-state index contributed by atoms with van der Waals surface area (Å²) in [7, 11) is -4.03. The summed E-state index contributed by atoms with van der Waals surface area (Å²) in [4.78, 5) is 13.2. The molecule has 0 bridgehead atoms. The number of carbonyl (C=O) groups is 1. The van der Waals surface area contributed by atoms with Gasteiger partial charge in [0.25, 0.3) is 0 Å². The number of halogens is 1. The first-order valence-corrected chi connectivity index (χ1v) is 12.3. The zero-order valence-corrected chi connectivity index (χ0v) is 19.4. The van der Waals surface area contributed by atoms with Crippen molar-refractivity contribution in [1.29, 1.82) is 0 Å². The molecule has 0 unspecified atom stereocenters. The number of benzene rings is 3. The highest BCUT2D eigenvalue weighted by Gasteiger charge is 2.31. The molecule has 0 saturated heterocycles. The molecule has 0 atom stereocenters. The lowest BCUT2D eigenvalue weighted by molar-refractivity contribution is 0.104. The topological polar surface area (TPSA) is 89.3 Å². The molecule has 32 heavy (non-hydrogen) atoms. The van der Waals surface area contributed by atoms with Gasteiger partial charge in [-0.2, -0.15) is 0 Å². The Labute approximate surface area is 195 Å². The average Bonchev–Trinajstić information content (AvgIpc) is 3.12. The maximum atomic E-state index is 13.5. The van der Waals surface area contributed by atoms with E-state index in [0.29, 0.717) is 16.3 Å². The first kappa shape index (κ1) is 22.1. The van der Waals surface area contributed by atoms with Crippen molar-refractivity contribution >= 4 is 54.9 Å². The Bertz CT molecular complexity index is 1380. The molecule has 1 aromatic heterocycles. The largest absolute Gasteiger partial charge is 0.396 e. The third-order valence-electron chi connectivity index (χ3n) is 4.84. The van der Waals surface area contributed by atoms with Gasteiger partial charge in [-0.15, -0.1) is 11.3 Å².